The summed E-state index contributed by atoms with van der Waals surface area (Å²) in [6.45, 7) is 0. The highest BCUT2D eigenvalue weighted by Gasteiger charge is 2.14. The minimum Gasteiger partial charge on any atom is -0.228 e. The van der Waals surface area contributed by atoms with E-state index in [1.165, 1.54) is 42.1 Å². The Morgan fingerprint density at radius 3 is 2.05 bits per heavy atom. The van der Waals surface area contributed by atoms with Crippen LogP contribution in [0.4, 0.5) is 0 Å². The quantitative estimate of drug-likeness (QED) is 0.196. The second-order valence-corrected chi connectivity index (χ2v) is 12.4. The lowest BCUT2D eigenvalue weighted by Crippen LogP contribution is -1.96. The van der Waals surface area contributed by atoms with Crippen molar-refractivity contribution in [2.75, 3.05) is 0 Å². The highest BCUT2D eigenvalue weighted by Crippen LogP contribution is 2.38. The molecule has 0 atom stereocenters. The van der Waals surface area contributed by atoms with E-state index < -0.39 is 0 Å². The molecule has 0 saturated heterocycles. The van der Waals surface area contributed by atoms with Gasteiger partial charge in [0.1, 0.15) is 0 Å². The third kappa shape index (κ3) is 4.50. The van der Waals surface area contributed by atoms with Gasteiger partial charge in [-0.2, -0.15) is 0 Å². The minimum absolute atomic E-state index is 0.725. The highest BCUT2D eigenvalue weighted by atomic mass is 79.9. The second kappa shape index (κ2) is 10.3. The zero-order valence-corrected chi connectivity index (χ0v) is 24.9. The first-order chi connectivity index (χ1) is 20.7. The summed E-state index contributed by atoms with van der Waals surface area (Å²) >= 11 is 5.44. The molecule has 0 amide bonds. The molecule has 0 aliphatic rings. The fourth-order valence-electron chi connectivity index (χ4n) is 5.66. The molecule has 6 aromatic carbocycles. The van der Waals surface area contributed by atoms with Crippen LogP contribution in [0.5, 0.6) is 0 Å². The average molecular weight is 620 g/mol. The Hall–Kier alpha value is -4.64. The van der Waals surface area contributed by atoms with Crippen LogP contribution < -0.4 is 0 Å². The molecule has 0 saturated carbocycles. The summed E-state index contributed by atoms with van der Waals surface area (Å²) in [5.41, 5.74) is 7.39. The van der Waals surface area contributed by atoms with Crippen molar-refractivity contribution in [3.63, 3.8) is 0 Å². The maximum atomic E-state index is 5.18. The Morgan fingerprint density at radius 1 is 0.452 bits per heavy atom. The van der Waals surface area contributed by atoms with Crippen molar-refractivity contribution in [1.29, 1.82) is 0 Å². The number of nitrogens with zero attached hydrogens (tertiary/aromatic N) is 2. The van der Waals surface area contributed by atoms with Crippen LogP contribution in [0.2, 0.25) is 0 Å². The Bertz CT molecular complexity index is 2250. The summed E-state index contributed by atoms with van der Waals surface area (Å²) in [4.78, 5) is 10.3. The lowest BCUT2D eigenvalue weighted by molar-refractivity contribution is 1.19. The molecule has 0 N–H and O–H groups in total. The first kappa shape index (κ1) is 25.1. The topological polar surface area (TPSA) is 25.8 Å². The van der Waals surface area contributed by atoms with Crippen LogP contribution >= 0.6 is 27.3 Å². The summed E-state index contributed by atoms with van der Waals surface area (Å²) in [6.07, 6.45) is 0. The van der Waals surface area contributed by atoms with Gasteiger partial charge in [-0.3, -0.25) is 0 Å². The monoisotopic (exact) mass is 618 g/mol. The molecule has 198 valence electrons. The van der Waals surface area contributed by atoms with E-state index in [9.17, 15) is 0 Å². The minimum atomic E-state index is 0.725. The molecule has 0 bridgehead atoms. The van der Waals surface area contributed by atoms with Gasteiger partial charge < -0.3 is 0 Å². The van der Waals surface area contributed by atoms with E-state index in [4.69, 9.17) is 9.97 Å². The van der Waals surface area contributed by atoms with Gasteiger partial charge in [0.05, 0.1) is 11.4 Å². The molecule has 2 aromatic heterocycles. The number of hydrogen-bond acceptors (Lipinski definition) is 3. The predicted molar refractivity (Wildman–Crippen MR) is 182 cm³/mol. The maximum Gasteiger partial charge on any atom is 0.160 e. The predicted octanol–water partition coefficient (Wildman–Crippen LogP) is 11.4. The third-order valence-corrected chi connectivity index (χ3v) is 9.40. The van der Waals surface area contributed by atoms with Crippen LogP contribution in [0, 0.1) is 0 Å². The van der Waals surface area contributed by atoms with Crippen molar-refractivity contribution in [3.05, 3.63) is 144 Å². The van der Waals surface area contributed by atoms with Crippen molar-refractivity contribution in [1.82, 2.24) is 9.97 Å². The van der Waals surface area contributed by atoms with Crippen LogP contribution in [-0.4, -0.2) is 9.97 Å². The van der Waals surface area contributed by atoms with E-state index in [-0.39, 0.29) is 0 Å². The molecular formula is C38H23BrN2S. The fraction of sp³-hybridized carbons (Fsp3) is 0. The van der Waals surface area contributed by atoms with Crippen LogP contribution in [0.25, 0.3) is 76.0 Å². The molecule has 2 nitrogen and oxygen atoms in total. The van der Waals surface area contributed by atoms with Crippen molar-refractivity contribution < 1.29 is 0 Å². The molecule has 0 fully saturated rings. The summed E-state index contributed by atoms with van der Waals surface area (Å²) in [5, 5.41) is 4.89. The van der Waals surface area contributed by atoms with E-state index in [0.29, 0.717) is 0 Å². The summed E-state index contributed by atoms with van der Waals surface area (Å²) in [5.74, 6) is 0.725. The van der Waals surface area contributed by atoms with E-state index >= 15 is 0 Å². The molecule has 0 aliphatic carbocycles. The fourth-order valence-corrected chi connectivity index (χ4v) is 7.15. The first-order valence-corrected chi connectivity index (χ1v) is 15.5. The van der Waals surface area contributed by atoms with Gasteiger partial charge in [0.25, 0.3) is 0 Å². The van der Waals surface area contributed by atoms with Gasteiger partial charge in [-0.25, -0.2) is 9.97 Å². The van der Waals surface area contributed by atoms with Gasteiger partial charge in [0, 0.05) is 41.3 Å². The maximum absolute atomic E-state index is 5.18. The number of rotatable bonds is 4. The van der Waals surface area contributed by atoms with Crippen LogP contribution in [0.15, 0.2) is 144 Å². The molecule has 2 heterocycles. The number of benzene rings is 6. The zero-order chi connectivity index (χ0) is 28.0. The molecule has 0 aliphatic heterocycles. The molecule has 42 heavy (non-hydrogen) atoms. The third-order valence-electron chi connectivity index (χ3n) is 7.77. The Kier molecular flexibility index (Phi) is 6.17. The molecule has 0 radical (unpaired) electrons. The molecule has 0 unspecified atom stereocenters. The average Bonchev–Trinajstić information content (AvgIpc) is 3.42. The van der Waals surface area contributed by atoms with Gasteiger partial charge in [0.2, 0.25) is 0 Å². The Balaban J connectivity index is 1.31. The van der Waals surface area contributed by atoms with E-state index in [2.05, 4.69) is 149 Å². The van der Waals surface area contributed by atoms with Crippen molar-refractivity contribution >= 4 is 58.2 Å². The molecular weight excluding hydrogens is 596 g/mol. The van der Waals surface area contributed by atoms with Gasteiger partial charge in [-0.1, -0.05) is 125 Å². The van der Waals surface area contributed by atoms with Gasteiger partial charge in [0.15, 0.2) is 5.82 Å². The number of fused-ring (bicyclic) bond motifs is 4. The normalized spacial score (nSPS) is 11.5. The summed E-state index contributed by atoms with van der Waals surface area (Å²) < 4.78 is 3.59. The lowest BCUT2D eigenvalue weighted by Gasteiger charge is -2.12. The smallest absolute Gasteiger partial charge is 0.160 e. The number of aromatic nitrogens is 2. The second-order valence-electron chi connectivity index (χ2n) is 10.4. The molecule has 8 aromatic rings. The largest absolute Gasteiger partial charge is 0.228 e. The summed E-state index contributed by atoms with van der Waals surface area (Å²) in [6, 6.07) is 49.2. The number of thiophene rings is 1. The van der Waals surface area contributed by atoms with Crippen LogP contribution in [0.3, 0.4) is 0 Å². The van der Waals surface area contributed by atoms with Crippen molar-refractivity contribution in [2.45, 2.75) is 0 Å². The van der Waals surface area contributed by atoms with E-state index in [1.807, 2.05) is 6.07 Å². The number of hydrogen-bond donors (Lipinski definition) is 0. The van der Waals surface area contributed by atoms with E-state index in [1.54, 1.807) is 11.3 Å². The first-order valence-electron chi connectivity index (χ1n) is 13.8. The van der Waals surface area contributed by atoms with Gasteiger partial charge in [-0.05, 0) is 52.2 Å². The Morgan fingerprint density at radius 2 is 1.17 bits per heavy atom. The van der Waals surface area contributed by atoms with Gasteiger partial charge >= 0.3 is 0 Å². The van der Waals surface area contributed by atoms with Crippen LogP contribution in [0.1, 0.15) is 0 Å². The van der Waals surface area contributed by atoms with Crippen molar-refractivity contribution in [2.24, 2.45) is 0 Å². The molecule has 0 spiro atoms. The highest BCUT2D eigenvalue weighted by molar-refractivity contribution is 9.10. The Labute approximate surface area is 256 Å². The van der Waals surface area contributed by atoms with Crippen LogP contribution in [-0.2, 0) is 0 Å². The summed E-state index contributed by atoms with van der Waals surface area (Å²) in [7, 11) is 0. The standard InChI is InChI=1S/C38H23BrN2S/c39-29-18-20-36-33(22-29)32-19-17-28(21-37(32)42-36)38-40-34(27-15-13-25(14-16-27)24-7-2-1-3-8-24)23-35(41-38)31-12-6-10-26-9-4-5-11-30(26)31/h1-23H. The molecule has 4 heteroatoms. The zero-order valence-electron chi connectivity index (χ0n) is 22.5. The lowest BCUT2D eigenvalue weighted by atomic mass is 9.99. The molecule has 8 rings (SSSR count). The number of halogens is 1. The van der Waals surface area contributed by atoms with Crippen molar-refractivity contribution in [3.8, 4) is 45.0 Å². The SMILES string of the molecule is Brc1ccc2sc3cc(-c4nc(-c5ccc(-c6ccccc6)cc5)cc(-c5cccc6ccccc56)n4)ccc3c2c1. The van der Waals surface area contributed by atoms with Gasteiger partial charge in [-0.15, -0.1) is 11.3 Å². The van der Waals surface area contributed by atoms with E-state index in [0.717, 1.165) is 38.4 Å².